The predicted molar refractivity (Wildman–Crippen MR) is 129 cm³/mol. The SMILES string of the molecule is Cc1cccc(C(C)C)c1NC(=O)C1CCCN(S(=O)(=O)c2ccc3ccccc3c2)C1. The average Bonchev–Trinajstić information content (AvgIpc) is 2.80. The van der Waals surface area contributed by atoms with Gasteiger partial charge in [0.25, 0.3) is 0 Å². The second kappa shape index (κ2) is 9.04. The number of aryl methyl sites for hydroxylation is 1. The van der Waals surface area contributed by atoms with Crippen LogP contribution in [0.4, 0.5) is 5.69 Å². The van der Waals surface area contributed by atoms with Crippen LogP contribution >= 0.6 is 0 Å². The van der Waals surface area contributed by atoms with E-state index in [1.54, 1.807) is 12.1 Å². The summed E-state index contributed by atoms with van der Waals surface area (Å²) in [7, 11) is -3.67. The molecule has 1 aliphatic rings. The lowest BCUT2D eigenvalue weighted by Crippen LogP contribution is -2.43. The second-order valence-electron chi connectivity index (χ2n) is 8.89. The molecular formula is C26H30N2O3S. The fourth-order valence-electron chi connectivity index (χ4n) is 4.42. The van der Waals surface area contributed by atoms with Crippen molar-refractivity contribution in [2.45, 2.75) is 44.4 Å². The van der Waals surface area contributed by atoms with Gasteiger partial charge >= 0.3 is 0 Å². The summed E-state index contributed by atoms with van der Waals surface area (Å²) in [5, 5.41) is 5.00. The Labute approximate surface area is 190 Å². The summed E-state index contributed by atoms with van der Waals surface area (Å²) in [6, 6.07) is 18.9. The first-order valence-electron chi connectivity index (χ1n) is 11.2. The number of fused-ring (bicyclic) bond motifs is 1. The van der Waals surface area contributed by atoms with Gasteiger partial charge in [0.15, 0.2) is 0 Å². The van der Waals surface area contributed by atoms with Gasteiger partial charge in [0.1, 0.15) is 0 Å². The fraction of sp³-hybridized carbons (Fsp3) is 0.346. The number of sulfonamides is 1. The maximum atomic E-state index is 13.3. The quantitative estimate of drug-likeness (QED) is 0.573. The number of para-hydroxylation sites is 1. The Morgan fingerprint density at radius 1 is 1.03 bits per heavy atom. The van der Waals surface area contributed by atoms with Crippen molar-refractivity contribution in [3.05, 3.63) is 71.8 Å². The van der Waals surface area contributed by atoms with Crippen molar-refractivity contribution in [3.8, 4) is 0 Å². The predicted octanol–water partition coefficient (Wildman–Crippen LogP) is 5.31. The van der Waals surface area contributed by atoms with Crippen LogP contribution in [-0.4, -0.2) is 31.7 Å². The van der Waals surface area contributed by atoms with Crippen LogP contribution in [-0.2, 0) is 14.8 Å². The van der Waals surface area contributed by atoms with E-state index in [0.717, 1.165) is 27.6 Å². The van der Waals surface area contributed by atoms with Crippen molar-refractivity contribution in [1.82, 2.24) is 4.31 Å². The first kappa shape index (κ1) is 22.5. The fourth-order valence-corrected chi connectivity index (χ4v) is 5.98. The molecule has 6 heteroatoms. The molecule has 3 aromatic rings. The van der Waals surface area contributed by atoms with Gasteiger partial charge in [-0.2, -0.15) is 4.31 Å². The number of hydrogen-bond acceptors (Lipinski definition) is 3. The zero-order chi connectivity index (χ0) is 22.9. The summed E-state index contributed by atoms with van der Waals surface area (Å²) in [6.45, 7) is 6.81. The molecule has 1 heterocycles. The zero-order valence-corrected chi connectivity index (χ0v) is 19.7. The molecule has 32 heavy (non-hydrogen) atoms. The highest BCUT2D eigenvalue weighted by Gasteiger charge is 2.33. The molecule has 0 radical (unpaired) electrons. The largest absolute Gasteiger partial charge is 0.325 e. The van der Waals surface area contributed by atoms with E-state index in [9.17, 15) is 13.2 Å². The number of amides is 1. The van der Waals surface area contributed by atoms with E-state index in [0.29, 0.717) is 19.4 Å². The highest BCUT2D eigenvalue weighted by Crippen LogP contribution is 2.30. The van der Waals surface area contributed by atoms with Gasteiger partial charge in [-0.25, -0.2) is 8.42 Å². The maximum absolute atomic E-state index is 13.3. The third-order valence-electron chi connectivity index (χ3n) is 6.29. The summed E-state index contributed by atoms with van der Waals surface area (Å²) >= 11 is 0. The molecule has 5 nitrogen and oxygen atoms in total. The Hall–Kier alpha value is -2.70. The highest BCUT2D eigenvalue weighted by molar-refractivity contribution is 7.89. The molecule has 1 amide bonds. The lowest BCUT2D eigenvalue weighted by atomic mass is 9.95. The van der Waals surface area contributed by atoms with Crippen LogP contribution in [0.1, 0.15) is 43.7 Å². The molecule has 1 fully saturated rings. The van der Waals surface area contributed by atoms with Gasteiger partial charge in [-0.3, -0.25) is 4.79 Å². The number of nitrogens with one attached hydrogen (secondary N) is 1. The molecule has 0 aliphatic carbocycles. The van der Waals surface area contributed by atoms with Gasteiger partial charge in [-0.05, 0) is 59.7 Å². The summed E-state index contributed by atoms with van der Waals surface area (Å²) < 4.78 is 28.2. The molecule has 168 valence electrons. The van der Waals surface area contributed by atoms with Crippen molar-refractivity contribution in [3.63, 3.8) is 0 Å². The monoisotopic (exact) mass is 450 g/mol. The van der Waals surface area contributed by atoms with Crippen LogP contribution in [0.15, 0.2) is 65.6 Å². The molecule has 1 N–H and O–H groups in total. The highest BCUT2D eigenvalue weighted by atomic mass is 32.2. The first-order chi connectivity index (χ1) is 15.3. The lowest BCUT2D eigenvalue weighted by Gasteiger charge is -2.31. The van der Waals surface area contributed by atoms with Crippen molar-refractivity contribution in [2.75, 3.05) is 18.4 Å². The van der Waals surface area contributed by atoms with Gasteiger partial charge < -0.3 is 5.32 Å². The van der Waals surface area contributed by atoms with Crippen LogP contribution in [0.2, 0.25) is 0 Å². The van der Waals surface area contributed by atoms with E-state index in [-0.39, 0.29) is 29.2 Å². The molecule has 1 aliphatic heterocycles. The van der Waals surface area contributed by atoms with E-state index in [4.69, 9.17) is 0 Å². The van der Waals surface area contributed by atoms with Crippen LogP contribution in [0.5, 0.6) is 0 Å². The third-order valence-corrected chi connectivity index (χ3v) is 8.15. The summed E-state index contributed by atoms with van der Waals surface area (Å²) in [5.74, 6) is -0.209. The van der Waals surface area contributed by atoms with Crippen LogP contribution in [0.3, 0.4) is 0 Å². The molecule has 1 atom stereocenters. The normalized spacial score (nSPS) is 17.6. The van der Waals surface area contributed by atoms with Gasteiger partial charge in [0.05, 0.1) is 10.8 Å². The molecular weight excluding hydrogens is 420 g/mol. The van der Waals surface area contributed by atoms with Crippen molar-refractivity contribution in [1.29, 1.82) is 0 Å². The van der Waals surface area contributed by atoms with Crippen LogP contribution < -0.4 is 5.32 Å². The van der Waals surface area contributed by atoms with Gasteiger partial charge in [0.2, 0.25) is 15.9 Å². The minimum atomic E-state index is -3.67. The second-order valence-corrected chi connectivity index (χ2v) is 10.8. The molecule has 1 saturated heterocycles. The summed E-state index contributed by atoms with van der Waals surface area (Å²) in [5.41, 5.74) is 2.96. The molecule has 0 bridgehead atoms. The van der Waals surface area contributed by atoms with Gasteiger partial charge in [-0.1, -0.05) is 62.4 Å². The molecule has 0 spiro atoms. The maximum Gasteiger partial charge on any atom is 0.243 e. The van der Waals surface area contributed by atoms with E-state index in [1.165, 1.54) is 4.31 Å². The van der Waals surface area contributed by atoms with E-state index in [2.05, 4.69) is 19.2 Å². The third kappa shape index (κ3) is 4.43. The smallest absolute Gasteiger partial charge is 0.243 e. The Morgan fingerprint density at radius 3 is 2.53 bits per heavy atom. The van der Waals surface area contributed by atoms with Crippen LogP contribution in [0, 0.1) is 12.8 Å². The van der Waals surface area contributed by atoms with E-state index >= 15 is 0 Å². The number of hydrogen-bond donors (Lipinski definition) is 1. The van der Waals surface area contributed by atoms with E-state index < -0.39 is 10.0 Å². The number of nitrogens with zero attached hydrogens (tertiary/aromatic N) is 1. The summed E-state index contributed by atoms with van der Waals surface area (Å²) in [4.78, 5) is 13.4. The number of anilines is 1. The van der Waals surface area contributed by atoms with Crippen molar-refractivity contribution < 1.29 is 13.2 Å². The van der Waals surface area contributed by atoms with E-state index in [1.807, 2.05) is 55.5 Å². The Morgan fingerprint density at radius 2 is 1.78 bits per heavy atom. The van der Waals surface area contributed by atoms with Crippen molar-refractivity contribution in [2.24, 2.45) is 5.92 Å². The number of piperidine rings is 1. The number of rotatable bonds is 5. The first-order valence-corrected chi connectivity index (χ1v) is 12.6. The minimum Gasteiger partial charge on any atom is -0.325 e. The standard InChI is InChI=1S/C26H30N2O3S/c1-18(2)24-12-6-8-19(3)25(24)27-26(29)22-11-7-15-28(17-22)32(30,31)23-14-13-20-9-4-5-10-21(20)16-23/h4-6,8-10,12-14,16,18,22H,7,11,15,17H2,1-3H3,(H,27,29). The lowest BCUT2D eigenvalue weighted by molar-refractivity contribution is -0.120. The van der Waals surface area contributed by atoms with Crippen molar-refractivity contribution >= 4 is 32.4 Å². The molecule has 4 rings (SSSR count). The Balaban J connectivity index is 1.54. The van der Waals surface area contributed by atoms with Gasteiger partial charge in [-0.15, -0.1) is 0 Å². The number of carbonyl (C=O) groups excluding carboxylic acids is 1. The van der Waals surface area contributed by atoms with Crippen LogP contribution in [0.25, 0.3) is 10.8 Å². The molecule has 1 unspecified atom stereocenters. The molecule has 0 saturated carbocycles. The number of benzene rings is 3. The molecule has 0 aromatic heterocycles. The Kier molecular flexibility index (Phi) is 6.35. The molecule has 3 aromatic carbocycles. The topological polar surface area (TPSA) is 66.5 Å². The summed E-state index contributed by atoms with van der Waals surface area (Å²) in [6.07, 6.45) is 1.34. The minimum absolute atomic E-state index is 0.111. The Bertz CT molecular complexity index is 1250. The zero-order valence-electron chi connectivity index (χ0n) is 18.8. The van der Waals surface area contributed by atoms with Gasteiger partial charge in [0, 0.05) is 18.8 Å². The average molecular weight is 451 g/mol. The number of carbonyl (C=O) groups is 1.